The zero-order valence-electron chi connectivity index (χ0n) is 23.1. The third-order valence-corrected chi connectivity index (χ3v) is 7.61. The number of nitrogens with zero attached hydrogens (tertiary/aromatic N) is 5. The van der Waals surface area contributed by atoms with E-state index in [1.165, 1.54) is 0 Å². The van der Waals surface area contributed by atoms with Crippen molar-refractivity contribution in [1.29, 1.82) is 0 Å². The van der Waals surface area contributed by atoms with Crippen molar-refractivity contribution >= 4 is 27.7 Å². The Morgan fingerprint density at radius 2 is 1.85 bits per heavy atom. The maximum Gasteiger partial charge on any atom is 0.242 e. The molecule has 0 bridgehead atoms. The lowest BCUT2D eigenvalue weighted by Crippen LogP contribution is -2.42. The molecule has 5 rings (SSSR count). The summed E-state index contributed by atoms with van der Waals surface area (Å²) in [6.45, 7) is 7.03. The highest BCUT2D eigenvalue weighted by molar-refractivity contribution is 6.09. The fourth-order valence-corrected chi connectivity index (χ4v) is 5.61. The van der Waals surface area contributed by atoms with Gasteiger partial charge in [-0.1, -0.05) is 44.0 Å². The molecule has 0 N–H and O–H groups in total. The van der Waals surface area contributed by atoms with Gasteiger partial charge >= 0.3 is 0 Å². The van der Waals surface area contributed by atoms with Crippen LogP contribution in [0, 0.1) is 0 Å². The number of fused-ring (bicyclic) bond motifs is 3. The highest BCUT2D eigenvalue weighted by Crippen LogP contribution is 2.32. The number of benzene rings is 1. The second-order valence-electron chi connectivity index (χ2n) is 10.2. The molecule has 1 fully saturated rings. The molecule has 8 heteroatoms. The number of unbranched alkanes of at least 4 members (excludes halogenated alkanes) is 2. The second kappa shape index (κ2) is 13.2. The lowest BCUT2D eigenvalue weighted by atomic mass is 10.1. The van der Waals surface area contributed by atoms with Crippen molar-refractivity contribution in [2.45, 2.75) is 45.3 Å². The summed E-state index contributed by atoms with van der Waals surface area (Å²) < 4.78 is 13.3. The molecule has 1 aliphatic rings. The molecule has 1 atom stereocenters. The summed E-state index contributed by atoms with van der Waals surface area (Å²) in [6, 6.07) is 16.5. The highest BCUT2D eigenvalue weighted by Gasteiger charge is 2.26. The van der Waals surface area contributed by atoms with Crippen LogP contribution >= 0.6 is 0 Å². The number of pyridine rings is 2. The van der Waals surface area contributed by atoms with Gasteiger partial charge in [0.15, 0.2) is 0 Å². The number of rotatable bonds is 12. The lowest BCUT2D eigenvalue weighted by Gasteiger charge is -2.31. The second-order valence-corrected chi connectivity index (χ2v) is 10.2. The molecule has 1 aliphatic heterocycles. The molecule has 1 saturated heterocycles. The molecule has 4 aromatic rings. The van der Waals surface area contributed by atoms with E-state index in [1.54, 1.807) is 7.11 Å². The van der Waals surface area contributed by atoms with Gasteiger partial charge in [-0.2, -0.15) is 0 Å². The third kappa shape index (κ3) is 6.13. The molecule has 0 radical (unpaired) electrons. The van der Waals surface area contributed by atoms with Gasteiger partial charge in [0.2, 0.25) is 5.91 Å². The molecule has 0 saturated carbocycles. The first-order valence-electron chi connectivity index (χ1n) is 14.1. The molecule has 3 aromatic heterocycles. The normalized spacial score (nSPS) is 14.9. The van der Waals surface area contributed by atoms with Crippen molar-refractivity contribution in [3.05, 3.63) is 72.3 Å². The number of hydrogen-bond acceptors (Lipinski definition) is 6. The van der Waals surface area contributed by atoms with Crippen molar-refractivity contribution in [1.82, 2.24) is 24.3 Å². The zero-order chi connectivity index (χ0) is 27.0. The van der Waals surface area contributed by atoms with Crippen LogP contribution in [0.25, 0.3) is 21.8 Å². The number of aromatic nitrogens is 3. The van der Waals surface area contributed by atoms with Crippen molar-refractivity contribution in [2.24, 2.45) is 0 Å². The molecule has 39 heavy (non-hydrogen) atoms. The Kier molecular flexibility index (Phi) is 9.19. The van der Waals surface area contributed by atoms with Gasteiger partial charge in [-0.05, 0) is 37.2 Å². The minimum absolute atomic E-state index is 0.00192. The van der Waals surface area contributed by atoms with E-state index in [2.05, 4.69) is 51.7 Å². The quantitative estimate of drug-likeness (QED) is 0.245. The van der Waals surface area contributed by atoms with E-state index < -0.39 is 0 Å². The average Bonchev–Trinajstić information content (AvgIpc) is 3.30. The third-order valence-electron chi connectivity index (χ3n) is 7.61. The van der Waals surface area contributed by atoms with Gasteiger partial charge < -0.3 is 18.9 Å². The summed E-state index contributed by atoms with van der Waals surface area (Å²) >= 11 is 0. The fraction of sp³-hybridized carbons (Fsp3) is 0.452. The van der Waals surface area contributed by atoms with Gasteiger partial charge in [-0.15, -0.1) is 0 Å². The largest absolute Gasteiger partial charge is 0.383 e. The highest BCUT2D eigenvalue weighted by atomic mass is 16.5. The van der Waals surface area contributed by atoms with E-state index in [0.29, 0.717) is 39.5 Å². The number of para-hydroxylation sites is 1. The average molecular weight is 530 g/mol. The maximum absolute atomic E-state index is 13.4. The minimum Gasteiger partial charge on any atom is -0.383 e. The first-order chi connectivity index (χ1) is 19.2. The van der Waals surface area contributed by atoms with Gasteiger partial charge in [0.1, 0.15) is 6.54 Å². The smallest absolute Gasteiger partial charge is 0.242 e. The van der Waals surface area contributed by atoms with Gasteiger partial charge in [-0.3, -0.25) is 19.7 Å². The SMILES string of the molecule is CCCCCN(Cc1nccc2c3ccccc3n(CC(=O)N3CCOCC3)c12)[C@@H](COC)c1ccccn1. The topological polar surface area (TPSA) is 72.7 Å². The van der Waals surface area contributed by atoms with Gasteiger partial charge in [-0.25, -0.2) is 0 Å². The van der Waals surface area contributed by atoms with Gasteiger partial charge in [0.05, 0.1) is 42.8 Å². The summed E-state index contributed by atoms with van der Waals surface area (Å²) in [5.41, 5.74) is 4.04. The van der Waals surface area contributed by atoms with Gasteiger partial charge in [0, 0.05) is 55.4 Å². The van der Waals surface area contributed by atoms with Crippen LogP contribution in [0.3, 0.4) is 0 Å². The molecular weight excluding hydrogens is 490 g/mol. The van der Waals surface area contributed by atoms with Crippen LogP contribution in [0.4, 0.5) is 0 Å². The number of morpholine rings is 1. The zero-order valence-corrected chi connectivity index (χ0v) is 23.1. The Balaban J connectivity index is 1.56. The first kappa shape index (κ1) is 27.2. The Morgan fingerprint density at radius 3 is 2.62 bits per heavy atom. The molecule has 206 valence electrons. The number of carbonyl (C=O) groups excluding carboxylic acids is 1. The van der Waals surface area contributed by atoms with Crippen LogP contribution in [0.1, 0.15) is 43.6 Å². The van der Waals surface area contributed by atoms with Crippen molar-refractivity contribution < 1.29 is 14.3 Å². The fourth-order valence-electron chi connectivity index (χ4n) is 5.61. The van der Waals surface area contributed by atoms with E-state index in [9.17, 15) is 4.79 Å². The molecule has 1 amide bonds. The van der Waals surface area contributed by atoms with E-state index >= 15 is 0 Å². The summed E-state index contributed by atoms with van der Waals surface area (Å²) in [7, 11) is 1.74. The summed E-state index contributed by atoms with van der Waals surface area (Å²) in [6.07, 6.45) is 7.13. The van der Waals surface area contributed by atoms with E-state index in [1.807, 2.05) is 35.5 Å². The van der Waals surface area contributed by atoms with Crippen LogP contribution in [0.5, 0.6) is 0 Å². The molecule has 0 aliphatic carbocycles. The first-order valence-corrected chi connectivity index (χ1v) is 14.1. The maximum atomic E-state index is 13.4. The molecule has 0 spiro atoms. The Hall–Kier alpha value is -3.33. The molecule has 4 heterocycles. The number of ether oxygens (including phenoxy) is 2. The van der Waals surface area contributed by atoms with E-state index in [0.717, 1.165) is 59.0 Å². The molecular formula is C31H39N5O3. The van der Waals surface area contributed by atoms with Crippen LogP contribution in [-0.2, 0) is 27.4 Å². The van der Waals surface area contributed by atoms with E-state index in [-0.39, 0.29) is 18.5 Å². The van der Waals surface area contributed by atoms with Crippen LogP contribution in [0.2, 0.25) is 0 Å². The Labute approximate surface area is 230 Å². The number of methoxy groups -OCH3 is 1. The Morgan fingerprint density at radius 1 is 1.03 bits per heavy atom. The molecule has 8 nitrogen and oxygen atoms in total. The van der Waals surface area contributed by atoms with Crippen molar-refractivity contribution in [3.8, 4) is 0 Å². The minimum atomic E-state index is -0.00192. The molecule has 1 aromatic carbocycles. The van der Waals surface area contributed by atoms with Crippen LogP contribution in [-0.4, -0.2) is 76.8 Å². The Bertz CT molecular complexity index is 1370. The van der Waals surface area contributed by atoms with E-state index in [4.69, 9.17) is 14.5 Å². The standard InChI is InChI=1S/C31H39N5O3/c1-3-4-9-16-35(29(23-38-2)26-11-7-8-14-32-26)21-27-31-25(13-15-33-27)24-10-5-6-12-28(24)36(31)22-30(37)34-17-19-39-20-18-34/h5-8,10-15,29H,3-4,9,16-23H2,1-2H3/t29-/m0/s1. The lowest BCUT2D eigenvalue weighted by molar-refractivity contribution is -0.135. The van der Waals surface area contributed by atoms with Crippen molar-refractivity contribution in [2.75, 3.05) is 46.6 Å². The summed E-state index contributed by atoms with van der Waals surface area (Å²) in [5.74, 6) is 0.112. The number of carbonyl (C=O) groups is 1. The summed E-state index contributed by atoms with van der Waals surface area (Å²) in [4.78, 5) is 27.4. The van der Waals surface area contributed by atoms with Crippen LogP contribution < -0.4 is 0 Å². The molecule has 0 unspecified atom stereocenters. The summed E-state index contributed by atoms with van der Waals surface area (Å²) in [5, 5.41) is 2.27. The number of amides is 1. The predicted octanol–water partition coefficient (Wildman–Crippen LogP) is 4.82. The van der Waals surface area contributed by atoms with Gasteiger partial charge in [0.25, 0.3) is 0 Å². The van der Waals surface area contributed by atoms with Crippen molar-refractivity contribution in [3.63, 3.8) is 0 Å². The number of hydrogen-bond donors (Lipinski definition) is 0. The predicted molar refractivity (Wildman–Crippen MR) is 153 cm³/mol. The van der Waals surface area contributed by atoms with Crippen LogP contribution in [0.15, 0.2) is 60.9 Å². The monoisotopic (exact) mass is 529 g/mol.